The number of aliphatic carboxylic acids is 2. The van der Waals surface area contributed by atoms with Crippen LogP contribution in [0.3, 0.4) is 0 Å². The lowest BCUT2D eigenvalue weighted by atomic mass is 10.1. The van der Waals surface area contributed by atoms with Crippen LogP contribution in [0.2, 0.25) is 0 Å². The Kier molecular flexibility index (Phi) is 10.3. The maximum absolute atomic E-state index is 9.10. The molecule has 1 aromatic rings. The molecule has 0 atom stereocenters. The Hall–Kier alpha value is -2.08. The number of carboxylic acids is 2. The summed E-state index contributed by atoms with van der Waals surface area (Å²) in [6.07, 6.45) is 7.69. The van der Waals surface area contributed by atoms with Crippen molar-refractivity contribution in [3.8, 4) is 5.75 Å². The molecule has 1 aliphatic heterocycles. The molecule has 0 aliphatic carbocycles. The number of rotatable bonds is 7. The third-order valence-electron chi connectivity index (χ3n) is 4.08. The molecular weight excluding hydrogens is 322 g/mol. The van der Waals surface area contributed by atoms with Crippen molar-refractivity contribution in [3.63, 3.8) is 0 Å². The molecule has 2 N–H and O–H groups in total. The summed E-state index contributed by atoms with van der Waals surface area (Å²) in [4.78, 5) is 20.8. The fraction of sp³-hybridized carbons (Fsp3) is 0.579. The number of aryl methyl sites for hydroxylation is 1. The molecule has 25 heavy (non-hydrogen) atoms. The molecule has 0 bridgehead atoms. The second-order valence-electron chi connectivity index (χ2n) is 6.07. The van der Waals surface area contributed by atoms with Crippen LogP contribution in [0.15, 0.2) is 24.3 Å². The van der Waals surface area contributed by atoms with Crippen LogP contribution in [0.5, 0.6) is 5.75 Å². The van der Waals surface area contributed by atoms with E-state index in [-0.39, 0.29) is 0 Å². The van der Waals surface area contributed by atoms with E-state index in [0.717, 1.165) is 25.2 Å². The van der Waals surface area contributed by atoms with Crippen molar-refractivity contribution in [2.45, 2.75) is 45.4 Å². The summed E-state index contributed by atoms with van der Waals surface area (Å²) in [5.74, 6) is -2.62. The molecule has 1 aromatic carbocycles. The van der Waals surface area contributed by atoms with Gasteiger partial charge in [-0.3, -0.25) is 0 Å². The Labute approximate surface area is 149 Å². The summed E-state index contributed by atoms with van der Waals surface area (Å²) in [7, 11) is 0. The highest BCUT2D eigenvalue weighted by Crippen LogP contribution is 2.14. The number of benzene rings is 1. The van der Waals surface area contributed by atoms with Crippen LogP contribution >= 0.6 is 0 Å². The maximum atomic E-state index is 9.10. The molecule has 0 spiro atoms. The molecule has 0 radical (unpaired) electrons. The first kappa shape index (κ1) is 21.0. The Morgan fingerprint density at radius 3 is 2.36 bits per heavy atom. The van der Waals surface area contributed by atoms with E-state index in [1.54, 1.807) is 0 Å². The summed E-state index contributed by atoms with van der Waals surface area (Å²) in [5.41, 5.74) is 1.35. The van der Waals surface area contributed by atoms with E-state index in [2.05, 4.69) is 36.1 Å². The molecule has 0 amide bonds. The minimum atomic E-state index is -1.82. The van der Waals surface area contributed by atoms with Gasteiger partial charge in [0, 0.05) is 0 Å². The van der Waals surface area contributed by atoms with E-state index in [0.29, 0.717) is 0 Å². The Bertz CT molecular complexity index is 514. The Morgan fingerprint density at radius 1 is 1.08 bits per heavy atom. The van der Waals surface area contributed by atoms with Crippen molar-refractivity contribution in [2.24, 2.45) is 0 Å². The van der Waals surface area contributed by atoms with Gasteiger partial charge in [0.2, 0.25) is 0 Å². The molecule has 6 heteroatoms. The van der Waals surface area contributed by atoms with E-state index < -0.39 is 11.9 Å². The van der Waals surface area contributed by atoms with Crippen molar-refractivity contribution in [3.05, 3.63) is 29.8 Å². The molecule has 0 saturated carbocycles. The fourth-order valence-corrected chi connectivity index (χ4v) is 2.67. The van der Waals surface area contributed by atoms with Crippen molar-refractivity contribution in [1.82, 2.24) is 4.90 Å². The zero-order valence-electron chi connectivity index (χ0n) is 14.9. The summed E-state index contributed by atoms with van der Waals surface area (Å²) >= 11 is 0. The fourth-order valence-electron chi connectivity index (χ4n) is 2.67. The van der Waals surface area contributed by atoms with Crippen LogP contribution in [0.4, 0.5) is 0 Å². The van der Waals surface area contributed by atoms with Gasteiger partial charge in [0.05, 0.1) is 6.61 Å². The summed E-state index contributed by atoms with van der Waals surface area (Å²) in [6, 6.07) is 8.46. The summed E-state index contributed by atoms with van der Waals surface area (Å²) < 4.78 is 5.82. The van der Waals surface area contributed by atoms with Gasteiger partial charge in [0.1, 0.15) is 5.75 Å². The maximum Gasteiger partial charge on any atom is 0.414 e. The van der Waals surface area contributed by atoms with Crippen LogP contribution < -0.4 is 4.74 Å². The molecule has 0 aromatic heterocycles. The third-order valence-corrected chi connectivity index (χ3v) is 4.08. The van der Waals surface area contributed by atoms with Crippen LogP contribution in [0.25, 0.3) is 0 Å². The first-order valence-corrected chi connectivity index (χ1v) is 8.93. The quantitative estimate of drug-likeness (QED) is 0.580. The number of hydrogen-bond acceptors (Lipinski definition) is 4. The minimum absolute atomic E-state index is 0.848. The van der Waals surface area contributed by atoms with Crippen LogP contribution in [0.1, 0.15) is 44.6 Å². The number of carbonyl (C=O) groups is 2. The van der Waals surface area contributed by atoms with Crippen LogP contribution in [-0.2, 0) is 16.0 Å². The number of likely N-dealkylation sites (tertiary alicyclic amines) is 1. The standard InChI is InChI=1S/C17H27NO.C2H2O4/c1-2-16-9-8-10-17(15-16)19-14-7-6-13-18-11-4-3-5-12-18;3-1(4)2(5)6/h8-10,15H,2-7,11-14H2,1H3;(H,3,4)(H,5,6). The van der Waals surface area contributed by atoms with Gasteiger partial charge in [0.15, 0.2) is 0 Å². The van der Waals surface area contributed by atoms with Crippen molar-refractivity contribution >= 4 is 11.9 Å². The molecule has 0 unspecified atom stereocenters. The van der Waals surface area contributed by atoms with E-state index >= 15 is 0 Å². The van der Waals surface area contributed by atoms with Crippen molar-refractivity contribution < 1.29 is 24.5 Å². The SMILES string of the molecule is CCc1cccc(OCCCCN2CCCCC2)c1.O=C(O)C(=O)O. The topological polar surface area (TPSA) is 87.1 Å². The molecule has 6 nitrogen and oxygen atoms in total. The van der Waals surface area contributed by atoms with Gasteiger partial charge in [-0.05, 0) is 69.4 Å². The Balaban J connectivity index is 0.000000450. The lowest BCUT2D eigenvalue weighted by Crippen LogP contribution is -2.30. The first-order valence-electron chi connectivity index (χ1n) is 8.93. The number of hydrogen-bond donors (Lipinski definition) is 2. The normalized spacial score (nSPS) is 14.3. The molecule has 1 aliphatic rings. The highest BCUT2D eigenvalue weighted by molar-refractivity contribution is 6.27. The second-order valence-corrected chi connectivity index (χ2v) is 6.07. The predicted octanol–water partition coefficient (Wildman–Crippen LogP) is 3.05. The number of nitrogens with zero attached hydrogens (tertiary/aromatic N) is 1. The molecule has 1 fully saturated rings. The Morgan fingerprint density at radius 2 is 1.76 bits per heavy atom. The average Bonchev–Trinajstić information content (AvgIpc) is 2.63. The van der Waals surface area contributed by atoms with E-state index in [1.807, 2.05) is 0 Å². The van der Waals surface area contributed by atoms with Gasteiger partial charge in [-0.15, -0.1) is 0 Å². The molecule has 1 heterocycles. The smallest absolute Gasteiger partial charge is 0.414 e. The predicted molar refractivity (Wildman–Crippen MR) is 96.1 cm³/mol. The van der Waals surface area contributed by atoms with Gasteiger partial charge in [-0.2, -0.15) is 0 Å². The van der Waals surface area contributed by atoms with Gasteiger partial charge in [-0.1, -0.05) is 25.5 Å². The molecule has 140 valence electrons. The lowest BCUT2D eigenvalue weighted by molar-refractivity contribution is -0.159. The zero-order valence-corrected chi connectivity index (χ0v) is 14.9. The van der Waals surface area contributed by atoms with Crippen molar-refractivity contribution in [2.75, 3.05) is 26.2 Å². The first-order chi connectivity index (χ1) is 12.0. The number of piperidine rings is 1. The summed E-state index contributed by atoms with van der Waals surface area (Å²) in [5, 5.41) is 14.8. The third kappa shape index (κ3) is 9.72. The number of unbranched alkanes of at least 4 members (excludes halogenated alkanes) is 1. The number of ether oxygens (including phenoxy) is 1. The minimum Gasteiger partial charge on any atom is -0.494 e. The molecular formula is C19H29NO5. The summed E-state index contributed by atoms with van der Waals surface area (Å²) in [6.45, 7) is 6.88. The highest BCUT2D eigenvalue weighted by Gasteiger charge is 2.08. The average molecular weight is 351 g/mol. The van der Waals surface area contributed by atoms with Gasteiger partial charge in [-0.25, -0.2) is 9.59 Å². The van der Waals surface area contributed by atoms with E-state index in [1.165, 1.54) is 50.9 Å². The monoisotopic (exact) mass is 351 g/mol. The van der Waals surface area contributed by atoms with E-state index in [4.69, 9.17) is 24.5 Å². The van der Waals surface area contributed by atoms with Crippen LogP contribution in [-0.4, -0.2) is 53.3 Å². The highest BCUT2D eigenvalue weighted by atomic mass is 16.5. The van der Waals surface area contributed by atoms with Crippen LogP contribution in [0, 0.1) is 0 Å². The van der Waals surface area contributed by atoms with Gasteiger partial charge < -0.3 is 19.8 Å². The van der Waals surface area contributed by atoms with Gasteiger partial charge in [0.25, 0.3) is 0 Å². The molecule has 2 rings (SSSR count). The van der Waals surface area contributed by atoms with Gasteiger partial charge >= 0.3 is 11.9 Å². The largest absolute Gasteiger partial charge is 0.494 e. The van der Waals surface area contributed by atoms with Crippen molar-refractivity contribution in [1.29, 1.82) is 0 Å². The van der Waals surface area contributed by atoms with E-state index in [9.17, 15) is 0 Å². The second kappa shape index (κ2) is 12.3. The molecule has 1 saturated heterocycles. The number of carboxylic acid groups (broad SMARTS) is 2. The lowest BCUT2D eigenvalue weighted by Gasteiger charge is -2.26. The zero-order chi connectivity index (χ0) is 18.5.